The zero-order valence-corrected chi connectivity index (χ0v) is 11.9. The van der Waals surface area contributed by atoms with E-state index in [0.29, 0.717) is 6.04 Å². The molecule has 0 radical (unpaired) electrons. The van der Waals surface area contributed by atoms with Gasteiger partial charge in [-0.15, -0.1) is 0 Å². The molecule has 0 saturated heterocycles. The Morgan fingerprint density at radius 1 is 1.33 bits per heavy atom. The van der Waals surface area contributed by atoms with Crippen LogP contribution < -0.4 is 5.73 Å². The predicted octanol–water partition coefficient (Wildman–Crippen LogP) is 2.98. The Balaban J connectivity index is 2.11. The lowest BCUT2D eigenvalue weighted by atomic mass is 10.0. The molecule has 2 rings (SSSR count). The van der Waals surface area contributed by atoms with Crippen LogP contribution in [0.25, 0.3) is 0 Å². The van der Waals surface area contributed by atoms with Gasteiger partial charge in [0.15, 0.2) is 0 Å². The van der Waals surface area contributed by atoms with Crippen molar-refractivity contribution in [2.75, 3.05) is 13.1 Å². The minimum absolute atomic E-state index is 0.185. The highest BCUT2D eigenvalue weighted by Gasteiger charge is 2.33. The summed E-state index contributed by atoms with van der Waals surface area (Å²) in [6.45, 7) is 9.10. The van der Waals surface area contributed by atoms with Gasteiger partial charge < -0.3 is 5.73 Å². The van der Waals surface area contributed by atoms with E-state index in [0.717, 1.165) is 18.9 Å². The molecule has 0 spiro atoms. The molecule has 0 bridgehead atoms. The van der Waals surface area contributed by atoms with E-state index in [1.807, 2.05) is 0 Å². The topological polar surface area (TPSA) is 29.3 Å². The summed E-state index contributed by atoms with van der Waals surface area (Å²) in [5.74, 6) is 0.751. The van der Waals surface area contributed by atoms with Crippen LogP contribution in [0, 0.1) is 5.92 Å². The van der Waals surface area contributed by atoms with Crippen LogP contribution in [-0.2, 0) is 6.42 Å². The zero-order chi connectivity index (χ0) is 13.1. The first-order valence-electron chi connectivity index (χ1n) is 7.24. The molecule has 2 N–H and O–H groups in total. The van der Waals surface area contributed by atoms with E-state index in [9.17, 15) is 0 Å². The maximum absolute atomic E-state index is 6.44. The predicted molar refractivity (Wildman–Crippen MR) is 77.6 cm³/mol. The molecule has 100 valence electrons. The molecule has 0 saturated carbocycles. The number of fused-ring (bicyclic) bond motifs is 1. The molecule has 0 heterocycles. The highest BCUT2D eigenvalue weighted by Crippen LogP contribution is 2.33. The van der Waals surface area contributed by atoms with Crippen LogP contribution in [0.1, 0.15) is 44.4 Å². The maximum Gasteiger partial charge on any atom is 0.0459 e. The third-order valence-corrected chi connectivity index (χ3v) is 4.38. The molecule has 18 heavy (non-hydrogen) atoms. The fraction of sp³-hybridized carbons (Fsp3) is 0.625. The fourth-order valence-electron chi connectivity index (χ4n) is 2.99. The van der Waals surface area contributed by atoms with Crippen LogP contribution in [0.15, 0.2) is 24.3 Å². The summed E-state index contributed by atoms with van der Waals surface area (Å²) in [7, 11) is 0. The maximum atomic E-state index is 6.44. The number of nitrogens with two attached hydrogens (primary N) is 1. The smallest absolute Gasteiger partial charge is 0.0459 e. The Kier molecular flexibility index (Phi) is 4.41. The quantitative estimate of drug-likeness (QED) is 0.865. The summed E-state index contributed by atoms with van der Waals surface area (Å²) in [4.78, 5) is 2.57. The van der Waals surface area contributed by atoms with E-state index in [1.54, 1.807) is 0 Å². The van der Waals surface area contributed by atoms with Crippen molar-refractivity contribution in [3.63, 3.8) is 0 Å². The monoisotopic (exact) mass is 246 g/mol. The lowest BCUT2D eigenvalue weighted by molar-refractivity contribution is 0.163. The summed E-state index contributed by atoms with van der Waals surface area (Å²) < 4.78 is 0. The highest BCUT2D eigenvalue weighted by atomic mass is 15.2. The van der Waals surface area contributed by atoms with E-state index in [4.69, 9.17) is 5.73 Å². The van der Waals surface area contributed by atoms with Crippen LogP contribution in [-0.4, -0.2) is 24.0 Å². The largest absolute Gasteiger partial charge is 0.323 e. The molecule has 1 aliphatic carbocycles. The molecule has 0 aliphatic heterocycles. The molecule has 3 atom stereocenters. The first-order valence-corrected chi connectivity index (χ1v) is 7.24. The van der Waals surface area contributed by atoms with Gasteiger partial charge in [0.05, 0.1) is 0 Å². The summed E-state index contributed by atoms with van der Waals surface area (Å²) >= 11 is 0. The summed E-state index contributed by atoms with van der Waals surface area (Å²) in [5.41, 5.74) is 9.24. The van der Waals surface area contributed by atoms with Crippen LogP contribution in [0.3, 0.4) is 0 Å². The second kappa shape index (κ2) is 5.85. The number of hydrogen-bond donors (Lipinski definition) is 1. The number of nitrogens with zero attached hydrogens (tertiary/aromatic N) is 1. The minimum atomic E-state index is 0.185. The molecule has 1 aromatic rings. The Morgan fingerprint density at radius 2 is 2.06 bits per heavy atom. The Hall–Kier alpha value is -0.860. The molecular formula is C16H26N2. The number of benzene rings is 1. The van der Waals surface area contributed by atoms with E-state index in [-0.39, 0.29) is 6.04 Å². The highest BCUT2D eigenvalue weighted by molar-refractivity contribution is 5.36. The van der Waals surface area contributed by atoms with Gasteiger partial charge in [-0.2, -0.15) is 0 Å². The van der Waals surface area contributed by atoms with E-state index < -0.39 is 0 Å². The molecular weight excluding hydrogens is 220 g/mol. The van der Waals surface area contributed by atoms with Gasteiger partial charge in [0.25, 0.3) is 0 Å². The first-order chi connectivity index (χ1) is 8.67. The standard InChI is InChI=1S/C16H26N2/c1-4-12(3)11-18(5-2)15-10-13-8-6-7-9-14(13)16(15)17/h6-9,12,15-16H,4-5,10-11,17H2,1-3H3. The first kappa shape index (κ1) is 13.6. The van der Waals surface area contributed by atoms with Gasteiger partial charge in [0.2, 0.25) is 0 Å². The summed E-state index contributed by atoms with van der Waals surface area (Å²) in [6.07, 6.45) is 2.35. The zero-order valence-electron chi connectivity index (χ0n) is 11.9. The molecule has 0 amide bonds. The van der Waals surface area contributed by atoms with Crippen molar-refractivity contribution in [2.24, 2.45) is 11.7 Å². The van der Waals surface area contributed by atoms with Crippen molar-refractivity contribution in [3.05, 3.63) is 35.4 Å². The van der Waals surface area contributed by atoms with Crippen LogP contribution >= 0.6 is 0 Å². The van der Waals surface area contributed by atoms with Crippen molar-refractivity contribution in [2.45, 2.75) is 45.7 Å². The van der Waals surface area contributed by atoms with Gasteiger partial charge in [-0.05, 0) is 30.0 Å². The lowest BCUT2D eigenvalue weighted by Gasteiger charge is -2.32. The second-order valence-corrected chi connectivity index (χ2v) is 5.60. The van der Waals surface area contributed by atoms with E-state index >= 15 is 0 Å². The van der Waals surface area contributed by atoms with Gasteiger partial charge in [-0.25, -0.2) is 0 Å². The normalized spacial score (nSPS) is 24.3. The van der Waals surface area contributed by atoms with Crippen LogP contribution in [0.5, 0.6) is 0 Å². The van der Waals surface area contributed by atoms with Crippen molar-refractivity contribution < 1.29 is 0 Å². The average molecular weight is 246 g/mol. The minimum Gasteiger partial charge on any atom is -0.323 e. The third kappa shape index (κ3) is 2.60. The van der Waals surface area contributed by atoms with Gasteiger partial charge in [0.1, 0.15) is 0 Å². The Morgan fingerprint density at radius 3 is 2.67 bits per heavy atom. The van der Waals surface area contributed by atoms with Crippen LogP contribution in [0.2, 0.25) is 0 Å². The van der Waals surface area contributed by atoms with Gasteiger partial charge in [-0.1, -0.05) is 51.5 Å². The molecule has 3 unspecified atom stereocenters. The van der Waals surface area contributed by atoms with Gasteiger partial charge in [-0.3, -0.25) is 4.90 Å². The molecule has 1 aromatic carbocycles. The van der Waals surface area contributed by atoms with E-state index in [2.05, 4.69) is 49.9 Å². The molecule has 2 heteroatoms. The third-order valence-electron chi connectivity index (χ3n) is 4.38. The van der Waals surface area contributed by atoms with Crippen molar-refractivity contribution >= 4 is 0 Å². The molecule has 0 fully saturated rings. The fourth-order valence-corrected chi connectivity index (χ4v) is 2.99. The van der Waals surface area contributed by atoms with E-state index in [1.165, 1.54) is 24.1 Å². The van der Waals surface area contributed by atoms with Crippen molar-refractivity contribution in [1.29, 1.82) is 0 Å². The van der Waals surface area contributed by atoms with Crippen molar-refractivity contribution in [1.82, 2.24) is 4.90 Å². The number of rotatable bonds is 5. The SMILES string of the molecule is CCC(C)CN(CC)C1Cc2ccccc2C1N. The average Bonchev–Trinajstić information content (AvgIpc) is 2.73. The molecule has 1 aliphatic rings. The summed E-state index contributed by atoms with van der Waals surface area (Å²) in [6, 6.07) is 9.32. The van der Waals surface area contributed by atoms with Gasteiger partial charge in [0, 0.05) is 18.6 Å². The number of hydrogen-bond acceptors (Lipinski definition) is 2. The summed E-state index contributed by atoms with van der Waals surface area (Å²) in [5, 5.41) is 0. The number of likely N-dealkylation sites (N-methyl/N-ethyl adjacent to an activating group) is 1. The molecule has 2 nitrogen and oxygen atoms in total. The second-order valence-electron chi connectivity index (χ2n) is 5.60. The molecule has 0 aromatic heterocycles. The van der Waals surface area contributed by atoms with Gasteiger partial charge >= 0.3 is 0 Å². The van der Waals surface area contributed by atoms with Crippen molar-refractivity contribution in [3.8, 4) is 0 Å². The Bertz CT molecular complexity index is 388. The lowest BCUT2D eigenvalue weighted by Crippen LogP contribution is -2.43. The Labute approximate surface area is 111 Å². The van der Waals surface area contributed by atoms with Crippen LogP contribution in [0.4, 0.5) is 0 Å².